The Morgan fingerprint density at radius 3 is 2.63 bits per heavy atom. The summed E-state index contributed by atoms with van der Waals surface area (Å²) in [5, 5.41) is 7.66. The van der Waals surface area contributed by atoms with E-state index in [4.69, 9.17) is 4.74 Å². The van der Waals surface area contributed by atoms with E-state index >= 15 is 4.39 Å². The van der Waals surface area contributed by atoms with Crippen LogP contribution < -0.4 is 15.0 Å². The van der Waals surface area contributed by atoms with Gasteiger partial charge in [0.15, 0.2) is 29.8 Å². The maximum absolute atomic E-state index is 15.3. The number of hydrogen-bond donors (Lipinski definition) is 1. The third kappa shape index (κ3) is 4.57. The van der Waals surface area contributed by atoms with E-state index in [0.717, 1.165) is 12.1 Å². The Labute approximate surface area is 214 Å². The molecule has 1 N–H and O–H groups in total. The Morgan fingerprint density at radius 1 is 1.13 bits per heavy atom. The largest absolute Gasteiger partial charge is 0.461 e. The summed E-state index contributed by atoms with van der Waals surface area (Å²) in [6.07, 6.45) is -3.02. The van der Waals surface area contributed by atoms with Crippen molar-refractivity contribution in [2.75, 3.05) is 37.7 Å². The summed E-state index contributed by atoms with van der Waals surface area (Å²) in [4.78, 5) is 10.9. The molecule has 0 aliphatic carbocycles. The Morgan fingerprint density at radius 2 is 1.89 bits per heavy atom. The number of alkyl halides is 3. The molecule has 0 radical (unpaired) electrons. The van der Waals surface area contributed by atoms with Crippen LogP contribution in [-0.2, 0) is 24.4 Å². The maximum atomic E-state index is 15.3. The second-order valence-corrected chi connectivity index (χ2v) is 8.94. The predicted octanol–water partition coefficient (Wildman–Crippen LogP) is 4.78. The van der Waals surface area contributed by atoms with Crippen molar-refractivity contribution in [3.8, 4) is 17.0 Å². The average Bonchev–Trinajstić information content (AvgIpc) is 3.19. The van der Waals surface area contributed by atoms with E-state index in [2.05, 4.69) is 36.1 Å². The van der Waals surface area contributed by atoms with Gasteiger partial charge in [-0.1, -0.05) is 18.2 Å². The smallest absolute Gasteiger partial charge is 0.419 e. The van der Waals surface area contributed by atoms with Gasteiger partial charge >= 0.3 is 6.18 Å². The minimum Gasteiger partial charge on any atom is -0.461 e. The van der Waals surface area contributed by atoms with E-state index in [1.54, 1.807) is 0 Å². The van der Waals surface area contributed by atoms with Crippen LogP contribution in [0.15, 0.2) is 36.5 Å². The quantitative estimate of drug-likeness (QED) is 0.282. The lowest BCUT2D eigenvalue weighted by molar-refractivity contribution is -0.140. The number of aryl methyl sites for hydroxylation is 1. The monoisotopic (exact) mass is 534 g/mol. The average molecular weight is 534 g/mol. The molecule has 1 aliphatic heterocycles. The van der Waals surface area contributed by atoms with Gasteiger partial charge < -0.3 is 19.7 Å². The van der Waals surface area contributed by atoms with E-state index in [-0.39, 0.29) is 28.7 Å². The SMILES string of the molecule is COCOc1c(F)c(-c2nn(C)c3nc(NC4Cc5ccccc5N(C)C4)ncc23)cc(C(F)(F)F)c1F. The molecular formula is C25H23F5N6O2. The zero-order valence-electron chi connectivity index (χ0n) is 20.6. The summed E-state index contributed by atoms with van der Waals surface area (Å²) in [7, 11) is 4.67. The van der Waals surface area contributed by atoms with Gasteiger partial charge in [-0.05, 0) is 24.1 Å². The molecule has 0 saturated heterocycles. The lowest BCUT2D eigenvalue weighted by atomic mass is 9.98. The normalized spacial score (nSPS) is 15.6. The molecule has 0 amide bonds. The summed E-state index contributed by atoms with van der Waals surface area (Å²) >= 11 is 0. The highest BCUT2D eigenvalue weighted by molar-refractivity contribution is 5.91. The number of halogens is 5. The third-order valence-electron chi connectivity index (χ3n) is 6.32. The molecule has 4 aromatic rings. The number of nitrogens with one attached hydrogen (secondary N) is 1. The van der Waals surface area contributed by atoms with Crippen molar-refractivity contribution in [2.24, 2.45) is 7.05 Å². The number of anilines is 2. The molecule has 13 heteroatoms. The van der Waals surface area contributed by atoms with Gasteiger partial charge in [0.1, 0.15) is 5.69 Å². The lowest BCUT2D eigenvalue weighted by Gasteiger charge is -2.33. The first-order valence-corrected chi connectivity index (χ1v) is 11.5. The van der Waals surface area contributed by atoms with Gasteiger partial charge in [-0.2, -0.15) is 23.3 Å². The van der Waals surface area contributed by atoms with Crippen molar-refractivity contribution in [1.82, 2.24) is 19.7 Å². The lowest BCUT2D eigenvalue weighted by Crippen LogP contribution is -2.40. The number of likely N-dealkylation sites (N-methyl/N-ethyl adjacent to an activating group) is 1. The fourth-order valence-corrected chi connectivity index (χ4v) is 4.64. The summed E-state index contributed by atoms with van der Waals surface area (Å²) in [6.45, 7) is 0.0385. The predicted molar refractivity (Wildman–Crippen MR) is 130 cm³/mol. The number of methoxy groups -OCH3 is 1. The highest BCUT2D eigenvalue weighted by Gasteiger charge is 2.39. The Hall–Kier alpha value is -4.00. The van der Waals surface area contributed by atoms with Crippen molar-refractivity contribution in [1.29, 1.82) is 0 Å². The van der Waals surface area contributed by atoms with Gasteiger partial charge in [0.05, 0.1) is 17.0 Å². The molecule has 0 spiro atoms. The molecule has 38 heavy (non-hydrogen) atoms. The van der Waals surface area contributed by atoms with Crippen molar-refractivity contribution >= 4 is 22.7 Å². The van der Waals surface area contributed by atoms with Crippen LogP contribution in [-0.4, -0.2) is 53.3 Å². The van der Waals surface area contributed by atoms with Crippen molar-refractivity contribution in [3.63, 3.8) is 0 Å². The van der Waals surface area contributed by atoms with Gasteiger partial charge in [0.2, 0.25) is 5.95 Å². The van der Waals surface area contributed by atoms with Crippen LogP contribution in [0.1, 0.15) is 11.1 Å². The first-order valence-electron chi connectivity index (χ1n) is 11.5. The van der Waals surface area contributed by atoms with Crippen molar-refractivity contribution in [3.05, 3.63) is 59.3 Å². The standard InChI is InChI=1S/C25H23F5N6O2/c1-35-11-14(8-13-6-4-5-7-18(13)35)32-24-31-10-16-21(34-36(2)23(16)33-24)15-9-17(25(28,29)30)20(27)22(19(15)26)38-12-37-3/h4-7,9-10,14H,8,11-12H2,1-3H3,(H,31,32,33). The van der Waals surface area contributed by atoms with Gasteiger partial charge in [-0.3, -0.25) is 0 Å². The molecule has 0 bridgehead atoms. The Bertz CT molecular complexity index is 1510. The van der Waals surface area contributed by atoms with Gasteiger partial charge in [0, 0.05) is 45.2 Å². The first kappa shape index (κ1) is 25.6. The minimum absolute atomic E-state index is 0.00979. The molecule has 1 unspecified atom stereocenters. The van der Waals surface area contributed by atoms with E-state index in [0.29, 0.717) is 12.6 Å². The van der Waals surface area contributed by atoms with Gasteiger partial charge in [0.25, 0.3) is 0 Å². The fourth-order valence-electron chi connectivity index (χ4n) is 4.64. The molecule has 1 aliphatic rings. The van der Waals surface area contributed by atoms with E-state index in [1.165, 1.54) is 30.6 Å². The van der Waals surface area contributed by atoms with E-state index < -0.39 is 41.5 Å². The van der Waals surface area contributed by atoms with Crippen LogP contribution in [0.4, 0.5) is 33.6 Å². The number of para-hydroxylation sites is 1. The third-order valence-corrected chi connectivity index (χ3v) is 6.32. The van der Waals surface area contributed by atoms with Crippen LogP contribution >= 0.6 is 0 Å². The second kappa shape index (κ2) is 9.71. The van der Waals surface area contributed by atoms with Crippen LogP contribution in [0.5, 0.6) is 5.75 Å². The summed E-state index contributed by atoms with van der Waals surface area (Å²) in [5.41, 5.74) is 0.0716. The molecule has 5 rings (SSSR count). The summed E-state index contributed by atoms with van der Waals surface area (Å²) in [5.74, 6) is -4.16. The molecular weight excluding hydrogens is 511 g/mol. The molecule has 3 heterocycles. The number of nitrogens with zero attached hydrogens (tertiary/aromatic N) is 5. The van der Waals surface area contributed by atoms with Gasteiger partial charge in [-0.15, -0.1) is 0 Å². The number of hydrogen-bond acceptors (Lipinski definition) is 7. The van der Waals surface area contributed by atoms with Gasteiger partial charge in [-0.25, -0.2) is 18.4 Å². The highest BCUT2D eigenvalue weighted by atomic mass is 19.4. The molecule has 8 nitrogen and oxygen atoms in total. The van der Waals surface area contributed by atoms with Crippen LogP contribution in [0.2, 0.25) is 0 Å². The molecule has 200 valence electrons. The molecule has 1 atom stereocenters. The topological polar surface area (TPSA) is 77.3 Å². The first-order chi connectivity index (χ1) is 18.1. The molecule has 0 fully saturated rings. The summed E-state index contributed by atoms with van der Waals surface area (Å²) in [6, 6.07) is 8.41. The number of ether oxygens (including phenoxy) is 2. The minimum atomic E-state index is -5.11. The number of fused-ring (bicyclic) bond motifs is 2. The number of aromatic nitrogens is 4. The Balaban J connectivity index is 1.53. The number of benzene rings is 2. The zero-order chi connectivity index (χ0) is 27.2. The molecule has 2 aromatic heterocycles. The van der Waals surface area contributed by atoms with Crippen molar-refractivity contribution < 1.29 is 31.4 Å². The second-order valence-electron chi connectivity index (χ2n) is 8.94. The maximum Gasteiger partial charge on any atom is 0.419 e. The Kier molecular flexibility index (Phi) is 6.55. The van der Waals surface area contributed by atoms with Crippen LogP contribution in [0, 0.1) is 11.6 Å². The zero-order valence-corrected chi connectivity index (χ0v) is 20.6. The summed E-state index contributed by atoms with van der Waals surface area (Å²) < 4.78 is 81.3. The van der Waals surface area contributed by atoms with Crippen molar-refractivity contribution in [2.45, 2.75) is 18.6 Å². The highest BCUT2D eigenvalue weighted by Crippen LogP contribution is 2.42. The molecule has 2 aromatic carbocycles. The fraction of sp³-hybridized carbons (Fsp3) is 0.320. The number of rotatable bonds is 6. The van der Waals surface area contributed by atoms with E-state index in [9.17, 15) is 17.6 Å². The van der Waals surface area contributed by atoms with Crippen LogP contribution in [0.25, 0.3) is 22.3 Å². The van der Waals surface area contributed by atoms with E-state index in [1.807, 2.05) is 25.2 Å². The molecule has 0 saturated carbocycles. The van der Waals surface area contributed by atoms with Crippen LogP contribution in [0.3, 0.4) is 0 Å².